The van der Waals surface area contributed by atoms with Gasteiger partial charge in [0, 0.05) is 42.6 Å². The lowest BCUT2D eigenvalue weighted by Crippen LogP contribution is -2.57. The van der Waals surface area contributed by atoms with Crippen molar-refractivity contribution in [2.45, 2.75) is 48.6 Å². The second kappa shape index (κ2) is 13.7. The SMILES string of the molecule is O=C(O[C@H]1CN2CCC1CC2)C(O)(c1cccc(O)c1)c1cccc(C2CN3CCC2[C@@H](OC(=O)[C@](O)(c2ccccc2)c2cccc(O)c2)C3)c1. The molecule has 270 valence electrons. The third-order valence-corrected chi connectivity index (χ3v) is 11.8. The van der Waals surface area contributed by atoms with Crippen LogP contribution in [0, 0.1) is 11.8 Å². The van der Waals surface area contributed by atoms with Gasteiger partial charge in [-0.3, -0.25) is 9.80 Å². The first-order valence-electron chi connectivity index (χ1n) is 18.2. The molecule has 6 fully saturated rings. The van der Waals surface area contributed by atoms with Crippen LogP contribution in [0.1, 0.15) is 53.0 Å². The Morgan fingerprint density at radius 3 is 1.67 bits per heavy atom. The zero-order valence-electron chi connectivity index (χ0n) is 28.9. The summed E-state index contributed by atoms with van der Waals surface area (Å²) in [6.07, 6.45) is 1.75. The number of nitrogens with zero attached hydrogens (tertiary/aromatic N) is 2. The van der Waals surface area contributed by atoms with Gasteiger partial charge in [0.25, 0.3) is 0 Å². The molecule has 7 atom stereocenters. The van der Waals surface area contributed by atoms with Gasteiger partial charge in [0.05, 0.1) is 0 Å². The Labute approximate surface area is 302 Å². The van der Waals surface area contributed by atoms with Crippen molar-refractivity contribution in [3.8, 4) is 11.5 Å². The van der Waals surface area contributed by atoms with Crippen LogP contribution in [0.2, 0.25) is 0 Å². The summed E-state index contributed by atoms with van der Waals surface area (Å²) in [5, 5.41) is 45.2. The monoisotopic (exact) mass is 704 g/mol. The van der Waals surface area contributed by atoms with Crippen LogP contribution in [-0.4, -0.2) is 93.6 Å². The number of carbonyl (C=O) groups excluding carboxylic acids is 2. The summed E-state index contributed by atoms with van der Waals surface area (Å²) in [6.45, 7) is 4.60. The first-order valence-corrected chi connectivity index (χ1v) is 18.2. The van der Waals surface area contributed by atoms with Crippen LogP contribution in [0.3, 0.4) is 0 Å². The number of phenols is 2. The fraction of sp³-hybridized carbons (Fsp3) is 0.381. The smallest absolute Gasteiger partial charge is 0.348 e. The number of hydrogen-bond acceptors (Lipinski definition) is 10. The van der Waals surface area contributed by atoms with E-state index in [-0.39, 0.29) is 46.5 Å². The van der Waals surface area contributed by atoms with Gasteiger partial charge in [0.1, 0.15) is 23.7 Å². The van der Waals surface area contributed by atoms with E-state index in [1.54, 1.807) is 60.7 Å². The Morgan fingerprint density at radius 2 is 1.10 bits per heavy atom. The van der Waals surface area contributed by atoms with E-state index in [9.17, 15) is 30.0 Å². The normalized spacial score (nSPS) is 28.7. The summed E-state index contributed by atoms with van der Waals surface area (Å²) < 4.78 is 12.4. The topological polar surface area (TPSA) is 140 Å². The molecule has 10 rings (SSSR count). The maximum absolute atomic E-state index is 14.2. The van der Waals surface area contributed by atoms with Crippen LogP contribution < -0.4 is 0 Å². The van der Waals surface area contributed by atoms with E-state index in [0.717, 1.165) is 44.5 Å². The van der Waals surface area contributed by atoms with Gasteiger partial charge < -0.3 is 29.9 Å². The number of aliphatic hydroxyl groups is 2. The van der Waals surface area contributed by atoms with Crippen LogP contribution in [-0.2, 0) is 30.3 Å². The molecule has 0 aliphatic carbocycles. The summed E-state index contributed by atoms with van der Waals surface area (Å²) in [5.74, 6) is -1.75. The average molecular weight is 705 g/mol. The van der Waals surface area contributed by atoms with Crippen LogP contribution in [0.4, 0.5) is 0 Å². The Hall–Kier alpha value is -4.74. The lowest BCUT2D eigenvalue weighted by atomic mass is 9.72. The summed E-state index contributed by atoms with van der Waals surface area (Å²) in [4.78, 5) is 32.8. The third-order valence-electron chi connectivity index (χ3n) is 11.8. The van der Waals surface area contributed by atoms with E-state index in [0.29, 0.717) is 30.8 Å². The lowest BCUT2D eigenvalue weighted by molar-refractivity contribution is -0.178. The molecule has 52 heavy (non-hydrogen) atoms. The van der Waals surface area contributed by atoms with Crippen molar-refractivity contribution in [2.24, 2.45) is 11.8 Å². The highest BCUT2D eigenvalue weighted by atomic mass is 16.6. The Kier molecular flexibility index (Phi) is 9.03. The van der Waals surface area contributed by atoms with Crippen LogP contribution >= 0.6 is 0 Å². The lowest BCUT2D eigenvalue weighted by Gasteiger charge is -2.49. The molecule has 0 saturated carbocycles. The molecule has 6 saturated heterocycles. The Balaban J connectivity index is 1.09. The molecule has 6 aliphatic heterocycles. The maximum Gasteiger partial charge on any atom is 0.348 e. The molecule has 10 heteroatoms. The highest BCUT2D eigenvalue weighted by Gasteiger charge is 2.50. The van der Waals surface area contributed by atoms with Gasteiger partial charge in [-0.2, -0.15) is 0 Å². The zero-order valence-corrected chi connectivity index (χ0v) is 28.9. The molecular weight excluding hydrogens is 660 g/mol. The maximum atomic E-state index is 14.2. The van der Waals surface area contributed by atoms with Gasteiger partial charge in [-0.05, 0) is 85.8 Å². The fourth-order valence-electron chi connectivity index (χ4n) is 8.95. The first-order chi connectivity index (χ1) is 25.1. The van der Waals surface area contributed by atoms with E-state index in [4.69, 9.17) is 9.47 Å². The van der Waals surface area contributed by atoms with Crippen LogP contribution in [0.25, 0.3) is 0 Å². The molecule has 10 nitrogen and oxygen atoms in total. The molecule has 0 amide bonds. The number of piperidine rings is 6. The van der Waals surface area contributed by atoms with Gasteiger partial charge in [-0.25, -0.2) is 9.59 Å². The number of ether oxygens (including phenoxy) is 2. The van der Waals surface area contributed by atoms with Crippen molar-refractivity contribution in [1.82, 2.24) is 9.80 Å². The van der Waals surface area contributed by atoms with E-state index >= 15 is 0 Å². The zero-order chi connectivity index (χ0) is 36.0. The molecule has 6 aliphatic rings. The molecule has 6 heterocycles. The van der Waals surface area contributed by atoms with Crippen molar-refractivity contribution in [1.29, 1.82) is 0 Å². The minimum atomic E-state index is -2.19. The minimum absolute atomic E-state index is 0.0778. The minimum Gasteiger partial charge on any atom is -0.508 e. The van der Waals surface area contributed by atoms with Gasteiger partial charge in [0.15, 0.2) is 0 Å². The first kappa shape index (κ1) is 34.4. The number of carbonyl (C=O) groups is 2. The number of aromatic hydroxyl groups is 2. The second-order valence-electron chi connectivity index (χ2n) is 14.9. The van der Waals surface area contributed by atoms with Gasteiger partial charge in [-0.15, -0.1) is 0 Å². The molecule has 4 N–H and O–H groups in total. The highest BCUT2D eigenvalue weighted by molar-refractivity contribution is 5.86. The molecule has 4 bridgehead atoms. The fourth-order valence-corrected chi connectivity index (χ4v) is 8.95. The van der Waals surface area contributed by atoms with Crippen LogP contribution in [0.5, 0.6) is 11.5 Å². The molecule has 4 aromatic rings. The predicted octanol–water partition coefficient (Wildman–Crippen LogP) is 4.24. The number of fused-ring (bicyclic) bond motifs is 6. The second-order valence-corrected chi connectivity index (χ2v) is 14.9. The number of phenolic OH excluding ortho intramolecular Hbond substituents is 2. The van der Waals surface area contributed by atoms with Gasteiger partial charge >= 0.3 is 11.9 Å². The predicted molar refractivity (Wildman–Crippen MR) is 191 cm³/mol. The van der Waals surface area contributed by atoms with Crippen LogP contribution in [0.15, 0.2) is 103 Å². The van der Waals surface area contributed by atoms with Gasteiger partial charge in [0.2, 0.25) is 11.2 Å². The number of benzene rings is 4. The molecule has 0 spiro atoms. The third kappa shape index (κ3) is 6.13. The molecule has 4 unspecified atom stereocenters. The Morgan fingerprint density at radius 1 is 0.577 bits per heavy atom. The number of esters is 2. The summed E-state index contributed by atoms with van der Waals surface area (Å²) >= 11 is 0. The number of hydrogen-bond donors (Lipinski definition) is 4. The molecule has 4 aromatic carbocycles. The molecular formula is C42H44N2O8. The number of rotatable bonds is 9. The van der Waals surface area contributed by atoms with Crippen molar-refractivity contribution in [2.75, 3.05) is 39.3 Å². The largest absolute Gasteiger partial charge is 0.508 e. The van der Waals surface area contributed by atoms with E-state index in [1.165, 1.54) is 24.3 Å². The highest BCUT2D eigenvalue weighted by Crippen LogP contribution is 2.44. The summed E-state index contributed by atoms with van der Waals surface area (Å²) in [5.41, 5.74) is -2.41. The van der Waals surface area contributed by atoms with E-state index in [2.05, 4.69) is 9.80 Å². The molecule has 0 aromatic heterocycles. The average Bonchev–Trinajstić information content (AvgIpc) is 3.18. The van der Waals surface area contributed by atoms with Crippen molar-refractivity contribution < 1.29 is 39.5 Å². The molecule has 0 radical (unpaired) electrons. The Bertz CT molecular complexity index is 1950. The van der Waals surface area contributed by atoms with E-state index < -0.39 is 29.2 Å². The van der Waals surface area contributed by atoms with Crippen molar-refractivity contribution in [3.05, 3.63) is 131 Å². The summed E-state index contributed by atoms with van der Waals surface area (Å²) in [7, 11) is 0. The van der Waals surface area contributed by atoms with E-state index in [1.807, 2.05) is 18.2 Å². The standard InChI is InChI=1S/C42H44N2O8/c45-33-13-5-11-31(22-33)41(49,29-8-2-1-3-9-29)39(47)52-38-26-44-20-17-35(38)36(24-44)28-7-4-10-30(21-28)42(50,32-12-6-14-34(46)23-32)40(48)51-37-25-43-18-15-27(37)16-19-43/h1-14,21-23,27,35-38,45-46,49-50H,15-20,24-26H2/t35?,36?,37-,38-,41-,42?/m0/s1. The summed E-state index contributed by atoms with van der Waals surface area (Å²) in [6, 6.07) is 28.0. The van der Waals surface area contributed by atoms with Crippen molar-refractivity contribution in [3.63, 3.8) is 0 Å². The van der Waals surface area contributed by atoms with Crippen molar-refractivity contribution >= 4 is 11.9 Å². The quantitative estimate of drug-likeness (QED) is 0.187. The van der Waals surface area contributed by atoms with Gasteiger partial charge in [-0.1, -0.05) is 78.9 Å².